The Bertz CT molecular complexity index is 385. The topological polar surface area (TPSA) is 52.3 Å². The minimum Gasteiger partial charge on any atom is -0.445 e. The predicted molar refractivity (Wildman–Crippen MR) is 50.3 cm³/mol. The number of halogens is 3. The number of carbonyl (C=O) groups is 1. The number of hydrogen-bond donors (Lipinski definition) is 1. The molecule has 0 bridgehead atoms. The zero-order valence-corrected chi connectivity index (χ0v) is 8.35. The molecule has 0 spiro atoms. The average Bonchev–Trinajstić information content (AvgIpc) is 2.19. The summed E-state index contributed by atoms with van der Waals surface area (Å²) in [4.78, 5) is 10.3. The van der Waals surface area contributed by atoms with Gasteiger partial charge in [-0.05, 0) is 23.3 Å². The summed E-state index contributed by atoms with van der Waals surface area (Å²) in [7, 11) is 0. The van der Waals surface area contributed by atoms with Crippen molar-refractivity contribution < 1.29 is 18.3 Å². The van der Waals surface area contributed by atoms with Gasteiger partial charge in [0.1, 0.15) is 6.61 Å². The van der Waals surface area contributed by atoms with E-state index in [1.165, 1.54) is 0 Å². The van der Waals surface area contributed by atoms with Crippen LogP contribution in [0.5, 0.6) is 0 Å². The highest BCUT2D eigenvalue weighted by atomic mass is 35.5. The first-order chi connectivity index (χ1) is 7.04. The monoisotopic (exact) mass is 235 g/mol. The number of rotatable bonds is 3. The van der Waals surface area contributed by atoms with E-state index in [0.29, 0.717) is 11.1 Å². The van der Waals surface area contributed by atoms with Crippen molar-refractivity contribution in [3.8, 4) is 0 Å². The van der Waals surface area contributed by atoms with Gasteiger partial charge in [0.2, 0.25) is 0 Å². The second-order valence-electron chi connectivity index (χ2n) is 2.78. The van der Waals surface area contributed by atoms with Crippen LogP contribution in [0.15, 0.2) is 12.1 Å². The number of benzene rings is 1. The highest BCUT2D eigenvalue weighted by Crippen LogP contribution is 2.17. The molecule has 82 valence electrons. The molecule has 0 heterocycles. The van der Waals surface area contributed by atoms with Crippen LogP contribution < -0.4 is 5.73 Å². The van der Waals surface area contributed by atoms with Crippen molar-refractivity contribution in [1.29, 1.82) is 0 Å². The summed E-state index contributed by atoms with van der Waals surface area (Å²) in [5.41, 5.74) is 5.39. The van der Waals surface area contributed by atoms with Crippen molar-refractivity contribution in [3.05, 3.63) is 34.9 Å². The first-order valence-electron chi connectivity index (χ1n) is 3.99. The predicted octanol–water partition coefficient (Wildman–Crippen LogP) is 2.30. The van der Waals surface area contributed by atoms with Crippen molar-refractivity contribution >= 4 is 17.7 Å². The highest BCUT2D eigenvalue weighted by Gasteiger charge is 2.10. The maximum atomic E-state index is 12.8. The van der Waals surface area contributed by atoms with Crippen LogP contribution in [-0.2, 0) is 17.2 Å². The Morgan fingerprint density at radius 1 is 1.33 bits per heavy atom. The van der Waals surface area contributed by atoms with Crippen molar-refractivity contribution in [2.24, 2.45) is 5.73 Å². The van der Waals surface area contributed by atoms with Gasteiger partial charge >= 0.3 is 6.09 Å². The molecule has 0 atom stereocenters. The standard InChI is InChI=1S/C9H8ClF2NO2/c10-3-5-1-7(11)8(12)2-6(5)4-15-9(13)14/h1-2H,3-4H2,(H2,13,14). The van der Waals surface area contributed by atoms with Crippen molar-refractivity contribution in [2.45, 2.75) is 12.5 Å². The van der Waals surface area contributed by atoms with Crippen LogP contribution in [0, 0.1) is 11.6 Å². The molecule has 0 fully saturated rings. The van der Waals surface area contributed by atoms with Crippen LogP contribution in [0.4, 0.5) is 13.6 Å². The molecular weight excluding hydrogens is 228 g/mol. The number of hydrogen-bond acceptors (Lipinski definition) is 2. The summed E-state index contributed by atoms with van der Waals surface area (Å²) in [6.07, 6.45) is -0.986. The van der Waals surface area contributed by atoms with Crippen LogP contribution in [-0.4, -0.2) is 6.09 Å². The van der Waals surface area contributed by atoms with Gasteiger partial charge in [-0.1, -0.05) is 0 Å². The maximum Gasteiger partial charge on any atom is 0.404 e. The second-order valence-corrected chi connectivity index (χ2v) is 3.04. The van der Waals surface area contributed by atoms with E-state index in [4.69, 9.17) is 17.3 Å². The van der Waals surface area contributed by atoms with Gasteiger partial charge in [0.05, 0.1) is 0 Å². The first-order valence-corrected chi connectivity index (χ1v) is 4.53. The molecule has 0 aliphatic heterocycles. The molecule has 0 aromatic heterocycles. The smallest absolute Gasteiger partial charge is 0.404 e. The maximum absolute atomic E-state index is 12.8. The third kappa shape index (κ3) is 3.06. The second kappa shape index (κ2) is 4.93. The van der Waals surface area contributed by atoms with Crippen LogP contribution in [0.3, 0.4) is 0 Å². The van der Waals surface area contributed by atoms with Crippen LogP contribution in [0.2, 0.25) is 0 Å². The van der Waals surface area contributed by atoms with E-state index in [0.717, 1.165) is 12.1 Å². The van der Waals surface area contributed by atoms with Crippen LogP contribution in [0.1, 0.15) is 11.1 Å². The average molecular weight is 236 g/mol. The molecule has 1 amide bonds. The fourth-order valence-corrected chi connectivity index (χ4v) is 1.29. The molecule has 0 saturated carbocycles. The van der Waals surface area contributed by atoms with Gasteiger partial charge in [0.15, 0.2) is 11.6 Å². The quantitative estimate of drug-likeness (QED) is 0.818. The fourth-order valence-electron chi connectivity index (χ4n) is 1.04. The molecule has 0 unspecified atom stereocenters. The third-order valence-corrected chi connectivity index (χ3v) is 2.04. The summed E-state index contributed by atoms with van der Waals surface area (Å²) in [6.45, 7) is -0.228. The Labute approximate surface area is 89.8 Å². The number of carbonyl (C=O) groups excluding carboxylic acids is 1. The lowest BCUT2D eigenvalue weighted by atomic mass is 10.1. The van der Waals surface area contributed by atoms with Gasteiger partial charge in [-0.2, -0.15) is 0 Å². The van der Waals surface area contributed by atoms with Crippen LogP contribution in [0.25, 0.3) is 0 Å². The Hall–Kier alpha value is -1.36. The van der Waals surface area contributed by atoms with Crippen LogP contribution >= 0.6 is 11.6 Å². The Balaban J connectivity index is 2.94. The number of amides is 1. The number of alkyl halides is 1. The van der Waals surface area contributed by atoms with E-state index in [1.54, 1.807) is 0 Å². The van der Waals surface area contributed by atoms with Gasteiger partial charge in [-0.15, -0.1) is 11.6 Å². The van der Waals surface area contributed by atoms with Gasteiger partial charge in [0.25, 0.3) is 0 Å². The van der Waals surface area contributed by atoms with E-state index in [-0.39, 0.29) is 12.5 Å². The van der Waals surface area contributed by atoms with Gasteiger partial charge in [-0.25, -0.2) is 13.6 Å². The van der Waals surface area contributed by atoms with E-state index in [9.17, 15) is 13.6 Å². The van der Waals surface area contributed by atoms with Crippen molar-refractivity contribution in [2.75, 3.05) is 0 Å². The summed E-state index contributed by atoms with van der Waals surface area (Å²) < 4.78 is 30.1. The molecule has 2 N–H and O–H groups in total. The molecule has 0 saturated heterocycles. The Morgan fingerprint density at radius 3 is 2.33 bits per heavy atom. The molecule has 3 nitrogen and oxygen atoms in total. The van der Waals surface area contributed by atoms with Crippen molar-refractivity contribution in [3.63, 3.8) is 0 Å². The minimum absolute atomic E-state index is 0.00530. The summed E-state index contributed by atoms with van der Waals surface area (Å²) in [6, 6.07) is 1.89. The lowest BCUT2D eigenvalue weighted by Gasteiger charge is -2.07. The number of primary amides is 1. The Morgan fingerprint density at radius 2 is 1.87 bits per heavy atom. The first kappa shape index (κ1) is 11.7. The molecular formula is C9H8ClF2NO2. The normalized spacial score (nSPS) is 10.1. The summed E-state index contributed by atoms with van der Waals surface area (Å²) in [5, 5.41) is 0. The molecule has 1 aromatic carbocycles. The largest absolute Gasteiger partial charge is 0.445 e. The SMILES string of the molecule is NC(=O)OCc1cc(F)c(F)cc1CCl. The lowest BCUT2D eigenvalue weighted by Crippen LogP contribution is -2.13. The van der Waals surface area contributed by atoms with Gasteiger partial charge < -0.3 is 10.5 Å². The fraction of sp³-hybridized carbons (Fsp3) is 0.222. The van der Waals surface area contributed by atoms with E-state index in [2.05, 4.69) is 4.74 Å². The van der Waals surface area contributed by atoms with E-state index < -0.39 is 17.7 Å². The van der Waals surface area contributed by atoms with E-state index >= 15 is 0 Å². The Kier molecular flexibility index (Phi) is 3.85. The lowest BCUT2D eigenvalue weighted by molar-refractivity contribution is 0.150. The number of nitrogens with two attached hydrogens (primary N) is 1. The summed E-state index contributed by atoms with van der Waals surface area (Å²) >= 11 is 5.51. The molecule has 15 heavy (non-hydrogen) atoms. The minimum atomic E-state index is -1.02. The molecule has 1 aromatic rings. The van der Waals surface area contributed by atoms with Gasteiger partial charge in [0, 0.05) is 5.88 Å². The summed E-state index contributed by atoms with van der Waals surface area (Å²) in [5.74, 6) is -2.02. The van der Waals surface area contributed by atoms with Crippen molar-refractivity contribution in [1.82, 2.24) is 0 Å². The molecule has 0 aliphatic rings. The zero-order valence-electron chi connectivity index (χ0n) is 7.60. The molecule has 0 aliphatic carbocycles. The van der Waals surface area contributed by atoms with E-state index in [1.807, 2.05) is 0 Å². The third-order valence-electron chi connectivity index (χ3n) is 1.76. The molecule has 1 rings (SSSR count). The number of ether oxygens (including phenoxy) is 1. The zero-order chi connectivity index (χ0) is 11.4. The molecule has 6 heteroatoms. The highest BCUT2D eigenvalue weighted by molar-refractivity contribution is 6.17. The molecule has 0 radical (unpaired) electrons. The van der Waals surface area contributed by atoms with Gasteiger partial charge in [-0.3, -0.25) is 0 Å².